The second kappa shape index (κ2) is 8.83. The van der Waals surface area contributed by atoms with E-state index in [-0.39, 0.29) is 18.5 Å². The van der Waals surface area contributed by atoms with Crippen molar-refractivity contribution < 1.29 is 14.7 Å². The predicted molar refractivity (Wildman–Crippen MR) is 93.8 cm³/mol. The van der Waals surface area contributed by atoms with Gasteiger partial charge in [-0.1, -0.05) is 31.2 Å². The molecular weight excluding hydrogens is 304 g/mol. The highest BCUT2D eigenvalue weighted by Crippen LogP contribution is 2.19. The number of rotatable bonds is 6. The van der Waals surface area contributed by atoms with Crippen LogP contribution >= 0.6 is 0 Å². The summed E-state index contributed by atoms with van der Waals surface area (Å²) in [7, 11) is 0. The average Bonchev–Trinajstić information content (AvgIpc) is 2.78. The Morgan fingerprint density at radius 1 is 1.25 bits per heavy atom. The van der Waals surface area contributed by atoms with E-state index in [9.17, 15) is 9.59 Å². The van der Waals surface area contributed by atoms with Gasteiger partial charge in [-0.3, -0.25) is 14.5 Å². The molecule has 1 unspecified atom stereocenters. The lowest BCUT2D eigenvalue weighted by Gasteiger charge is -2.29. The maximum atomic E-state index is 11.8. The first-order chi connectivity index (χ1) is 11.5. The first kappa shape index (κ1) is 18.5. The quantitative estimate of drug-likeness (QED) is 0.870. The number of hydrogen-bond donors (Lipinski definition) is 1. The van der Waals surface area contributed by atoms with Gasteiger partial charge in [0.15, 0.2) is 0 Å². The maximum Gasteiger partial charge on any atom is 0.323 e. The molecule has 1 aromatic rings. The third-order valence-corrected chi connectivity index (χ3v) is 4.75. The molecule has 0 saturated carbocycles. The van der Waals surface area contributed by atoms with Crippen molar-refractivity contribution in [3.8, 4) is 0 Å². The van der Waals surface area contributed by atoms with Crippen molar-refractivity contribution >= 4 is 11.9 Å². The molecule has 1 aliphatic heterocycles. The van der Waals surface area contributed by atoms with Crippen molar-refractivity contribution in [1.82, 2.24) is 9.80 Å². The predicted octanol–water partition coefficient (Wildman–Crippen LogP) is 2.54. The van der Waals surface area contributed by atoms with Crippen LogP contribution in [0.3, 0.4) is 0 Å². The third-order valence-electron chi connectivity index (χ3n) is 4.75. The van der Waals surface area contributed by atoms with Crippen LogP contribution in [0.2, 0.25) is 0 Å². The Morgan fingerprint density at radius 2 is 2.00 bits per heavy atom. The van der Waals surface area contributed by atoms with E-state index >= 15 is 0 Å². The molecule has 132 valence electrons. The summed E-state index contributed by atoms with van der Waals surface area (Å²) < 4.78 is 0. The van der Waals surface area contributed by atoms with Crippen LogP contribution in [0.4, 0.5) is 0 Å². The molecule has 0 spiro atoms. The number of nitrogens with zero attached hydrogens (tertiary/aromatic N) is 2. The van der Waals surface area contributed by atoms with E-state index in [1.807, 2.05) is 0 Å². The topological polar surface area (TPSA) is 60.9 Å². The van der Waals surface area contributed by atoms with Gasteiger partial charge in [0.2, 0.25) is 5.91 Å². The number of carboxylic acid groups (broad SMARTS) is 1. The first-order valence-electron chi connectivity index (χ1n) is 8.78. The Kier molecular flexibility index (Phi) is 6.79. The molecule has 1 N–H and O–H groups in total. The molecule has 1 aromatic carbocycles. The summed E-state index contributed by atoms with van der Waals surface area (Å²) in [6, 6.07) is 8.71. The number of likely N-dealkylation sites (tertiary alicyclic amines) is 1. The van der Waals surface area contributed by atoms with Crippen molar-refractivity contribution in [1.29, 1.82) is 0 Å². The highest BCUT2D eigenvalue weighted by atomic mass is 16.4. The lowest BCUT2D eigenvalue weighted by molar-refractivity contribution is -0.145. The highest BCUT2D eigenvalue weighted by Gasteiger charge is 2.26. The lowest BCUT2D eigenvalue weighted by atomic mass is 10.1. The monoisotopic (exact) mass is 332 g/mol. The van der Waals surface area contributed by atoms with Crippen LogP contribution in [-0.2, 0) is 22.6 Å². The van der Waals surface area contributed by atoms with Crippen LogP contribution in [0.1, 0.15) is 44.2 Å². The molecule has 1 atom stereocenters. The number of aryl methyl sites for hydroxylation is 1. The number of aliphatic carboxylic acids is 1. The molecule has 2 rings (SSSR count). The number of amides is 1. The molecule has 1 heterocycles. The smallest absolute Gasteiger partial charge is 0.323 e. The van der Waals surface area contributed by atoms with Crippen molar-refractivity contribution in [2.75, 3.05) is 19.6 Å². The molecule has 0 radical (unpaired) electrons. The number of benzene rings is 1. The summed E-state index contributed by atoms with van der Waals surface area (Å²) in [6.07, 6.45) is 3.74. The molecule has 5 heteroatoms. The van der Waals surface area contributed by atoms with Crippen molar-refractivity contribution in [3.05, 3.63) is 35.4 Å². The van der Waals surface area contributed by atoms with Crippen LogP contribution < -0.4 is 0 Å². The second-order valence-electron chi connectivity index (χ2n) is 6.58. The van der Waals surface area contributed by atoms with Crippen LogP contribution in [-0.4, -0.2) is 52.5 Å². The Morgan fingerprint density at radius 3 is 2.67 bits per heavy atom. The van der Waals surface area contributed by atoms with Crippen LogP contribution in [0.25, 0.3) is 0 Å². The Labute approximate surface area is 144 Å². The zero-order valence-corrected chi connectivity index (χ0v) is 14.7. The molecule has 1 saturated heterocycles. The third kappa shape index (κ3) is 5.34. The minimum absolute atomic E-state index is 0.0329. The van der Waals surface area contributed by atoms with Gasteiger partial charge in [-0.2, -0.15) is 0 Å². The summed E-state index contributed by atoms with van der Waals surface area (Å²) in [5.74, 6) is -1.09. The summed E-state index contributed by atoms with van der Waals surface area (Å²) in [6.45, 7) is 6.23. The van der Waals surface area contributed by atoms with Gasteiger partial charge in [0.25, 0.3) is 0 Å². The first-order valence-corrected chi connectivity index (χ1v) is 8.78. The zero-order chi connectivity index (χ0) is 17.5. The molecule has 0 bridgehead atoms. The average molecular weight is 332 g/mol. The lowest BCUT2D eigenvalue weighted by Crippen LogP contribution is -2.42. The number of carboxylic acids is 1. The van der Waals surface area contributed by atoms with Gasteiger partial charge < -0.3 is 10.0 Å². The van der Waals surface area contributed by atoms with Crippen LogP contribution in [0.15, 0.2) is 24.3 Å². The maximum absolute atomic E-state index is 11.8. The van der Waals surface area contributed by atoms with Crippen molar-refractivity contribution in [3.63, 3.8) is 0 Å². The van der Waals surface area contributed by atoms with Crippen LogP contribution in [0.5, 0.6) is 0 Å². The number of carbonyl (C=O) groups is 2. The number of carbonyl (C=O) groups excluding carboxylic acids is 1. The standard InChI is InChI=1S/C19H28N2O3/c1-3-16-6-4-7-17(12-16)13-20-10-5-8-18(9-11-20)21(15(2)22)14-19(23)24/h4,6-7,12,18H,3,5,8-11,13-14H2,1-2H3,(H,23,24). The fraction of sp³-hybridized carbons (Fsp3) is 0.579. The van der Waals surface area contributed by atoms with E-state index in [1.54, 1.807) is 0 Å². The Hall–Kier alpha value is -1.88. The van der Waals surface area contributed by atoms with Gasteiger partial charge in [0, 0.05) is 26.1 Å². The van der Waals surface area contributed by atoms with E-state index in [0.717, 1.165) is 45.3 Å². The summed E-state index contributed by atoms with van der Waals surface area (Å²) in [4.78, 5) is 26.7. The fourth-order valence-electron chi connectivity index (χ4n) is 3.46. The van der Waals surface area contributed by atoms with Gasteiger partial charge in [0.1, 0.15) is 6.54 Å². The van der Waals surface area contributed by atoms with E-state index in [1.165, 1.54) is 23.0 Å². The second-order valence-corrected chi connectivity index (χ2v) is 6.58. The van der Waals surface area contributed by atoms with Crippen molar-refractivity contribution in [2.45, 2.75) is 52.1 Å². The van der Waals surface area contributed by atoms with Crippen molar-refractivity contribution in [2.24, 2.45) is 0 Å². The summed E-state index contributed by atoms with van der Waals surface area (Å²) in [5.41, 5.74) is 2.67. The normalized spacial score (nSPS) is 18.8. The molecule has 5 nitrogen and oxygen atoms in total. The molecule has 1 amide bonds. The molecule has 1 fully saturated rings. The van der Waals surface area contributed by atoms with E-state index < -0.39 is 5.97 Å². The minimum atomic E-state index is -0.942. The molecule has 1 aliphatic rings. The SMILES string of the molecule is CCc1cccc(CN2CCCC(N(CC(=O)O)C(C)=O)CC2)c1. The van der Waals surface area contributed by atoms with Gasteiger partial charge in [0.05, 0.1) is 0 Å². The largest absolute Gasteiger partial charge is 0.480 e. The zero-order valence-electron chi connectivity index (χ0n) is 14.7. The summed E-state index contributed by atoms with van der Waals surface area (Å²) >= 11 is 0. The molecule has 0 aromatic heterocycles. The minimum Gasteiger partial charge on any atom is -0.480 e. The van der Waals surface area contributed by atoms with Gasteiger partial charge in [-0.15, -0.1) is 0 Å². The van der Waals surface area contributed by atoms with Gasteiger partial charge >= 0.3 is 5.97 Å². The summed E-state index contributed by atoms with van der Waals surface area (Å²) in [5, 5.41) is 9.03. The van der Waals surface area contributed by atoms with Crippen LogP contribution in [0, 0.1) is 0 Å². The number of hydrogen-bond acceptors (Lipinski definition) is 3. The van der Waals surface area contributed by atoms with Gasteiger partial charge in [-0.25, -0.2) is 0 Å². The van der Waals surface area contributed by atoms with E-state index in [2.05, 4.69) is 36.1 Å². The molecular formula is C19H28N2O3. The highest BCUT2D eigenvalue weighted by molar-refractivity contribution is 5.79. The molecule has 24 heavy (non-hydrogen) atoms. The fourth-order valence-corrected chi connectivity index (χ4v) is 3.46. The molecule has 0 aliphatic carbocycles. The van der Waals surface area contributed by atoms with E-state index in [4.69, 9.17) is 5.11 Å². The van der Waals surface area contributed by atoms with Gasteiger partial charge in [-0.05, 0) is 43.4 Å². The Balaban J connectivity index is 1.96. The van der Waals surface area contributed by atoms with E-state index in [0.29, 0.717) is 0 Å². The Bertz CT molecular complexity index is 573.